The zero-order valence-corrected chi connectivity index (χ0v) is 14.7. The molecule has 0 unspecified atom stereocenters. The third-order valence-corrected chi connectivity index (χ3v) is 4.28. The van der Waals surface area contributed by atoms with Gasteiger partial charge in [-0.25, -0.2) is 4.79 Å². The van der Waals surface area contributed by atoms with Gasteiger partial charge in [-0.3, -0.25) is 0 Å². The first kappa shape index (κ1) is 16.1. The van der Waals surface area contributed by atoms with Gasteiger partial charge in [-0.2, -0.15) is 0 Å². The van der Waals surface area contributed by atoms with E-state index in [0.717, 1.165) is 10.9 Å². The summed E-state index contributed by atoms with van der Waals surface area (Å²) < 4.78 is 6.53. The Balaban J connectivity index is 2.05. The smallest absolute Gasteiger partial charge is 0.410 e. The molecule has 0 aliphatic carbocycles. The molecule has 1 amide bonds. The lowest BCUT2D eigenvalue weighted by molar-refractivity contribution is 0.0270. The Morgan fingerprint density at radius 1 is 1.33 bits per heavy atom. The minimum Gasteiger partial charge on any atom is -0.444 e. The number of benzene rings is 1. The predicted octanol–water partition coefficient (Wildman–Crippen LogP) is 4.78. The van der Waals surface area contributed by atoms with E-state index in [1.807, 2.05) is 20.8 Å². The fraction of sp³-hybridized carbons (Fsp3) is 0.471. The van der Waals surface area contributed by atoms with Gasteiger partial charge < -0.3 is 9.64 Å². The summed E-state index contributed by atoms with van der Waals surface area (Å²) in [5.74, 6) is 0. The molecule has 0 fully saturated rings. The lowest BCUT2D eigenvalue weighted by atomic mass is 9.98. The zero-order valence-electron chi connectivity index (χ0n) is 13.1. The maximum absolute atomic E-state index is 12.0. The van der Waals surface area contributed by atoms with E-state index < -0.39 is 5.60 Å². The van der Waals surface area contributed by atoms with E-state index in [1.165, 1.54) is 16.7 Å². The number of halogens is 1. The predicted molar refractivity (Wildman–Crippen MR) is 89.3 cm³/mol. The molecule has 3 nitrogen and oxygen atoms in total. The Kier molecular flexibility index (Phi) is 4.77. The lowest BCUT2D eigenvalue weighted by Gasteiger charge is -2.29. The van der Waals surface area contributed by atoms with Gasteiger partial charge in [0, 0.05) is 17.6 Å². The fourth-order valence-electron chi connectivity index (χ4n) is 2.27. The average Bonchev–Trinajstić information content (AvgIpc) is 2.40. The molecule has 0 spiro atoms. The van der Waals surface area contributed by atoms with Crippen molar-refractivity contribution in [3.63, 3.8) is 0 Å². The van der Waals surface area contributed by atoms with E-state index in [1.54, 1.807) is 4.90 Å². The van der Waals surface area contributed by atoms with E-state index in [9.17, 15) is 4.79 Å². The molecule has 1 aliphatic heterocycles. The summed E-state index contributed by atoms with van der Waals surface area (Å²) in [6, 6.07) is 6.37. The van der Waals surface area contributed by atoms with E-state index in [4.69, 9.17) is 4.74 Å². The van der Waals surface area contributed by atoms with Crippen LogP contribution in [0.1, 0.15) is 38.3 Å². The minimum atomic E-state index is -0.441. The summed E-state index contributed by atoms with van der Waals surface area (Å²) in [7, 11) is 0. The monoisotopic (exact) mass is 351 g/mol. The number of carbonyl (C=O) groups excluding carboxylic acids is 1. The highest BCUT2D eigenvalue weighted by Crippen LogP contribution is 2.26. The van der Waals surface area contributed by atoms with Gasteiger partial charge in [-0.05, 0) is 56.9 Å². The van der Waals surface area contributed by atoms with E-state index in [2.05, 4.69) is 47.1 Å². The van der Waals surface area contributed by atoms with Crippen LogP contribution in [0.3, 0.4) is 0 Å². The van der Waals surface area contributed by atoms with Crippen molar-refractivity contribution >= 4 is 27.6 Å². The largest absolute Gasteiger partial charge is 0.444 e. The van der Waals surface area contributed by atoms with Gasteiger partial charge in [0.25, 0.3) is 0 Å². The van der Waals surface area contributed by atoms with Crippen LogP contribution in [-0.4, -0.2) is 29.7 Å². The third-order valence-electron chi connectivity index (χ3n) is 3.39. The summed E-state index contributed by atoms with van der Waals surface area (Å²) in [4.78, 5) is 13.8. The number of hydrogen-bond donors (Lipinski definition) is 0. The average molecular weight is 352 g/mol. The molecule has 1 aromatic rings. The topological polar surface area (TPSA) is 29.5 Å². The number of amides is 1. The van der Waals surface area contributed by atoms with Gasteiger partial charge in [0.1, 0.15) is 5.60 Å². The first-order valence-electron chi connectivity index (χ1n) is 7.20. The summed E-state index contributed by atoms with van der Waals surface area (Å²) >= 11 is 3.52. The van der Waals surface area contributed by atoms with Crippen molar-refractivity contribution < 1.29 is 9.53 Å². The maximum atomic E-state index is 12.0. The molecule has 0 bridgehead atoms. The quantitative estimate of drug-likeness (QED) is 0.728. The van der Waals surface area contributed by atoms with Crippen molar-refractivity contribution in [1.29, 1.82) is 0 Å². The van der Waals surface area contributed by atoms with Crippen LogP contribution >= 0.6 is 15.9 Å². The van der Waals surface area contributed by atoms with Gasteiger partial charge in [0.2, 0.25) is 0 Å². The first-order chi connectivity index (χ1) is 9.76. The summed E-state index contributed by atoms with van der Waals surface area (Å²) in [5, 5.41) is 0. The van der Waals surface area contributed by atoms with Crippen molar-refractivity contribution in [2.75, 3.05) is 13.1 Å². The Labute approximate surface area is 135 Å². The van der Waals surface area contributed by atoms with Crippen LogP contribution in [0, 0.1) is 6.92 Å². The SMILES string of the molecule is Cc1cc(C2=CCN(C(=O)OC(C)(C)C)CC2)ccc1Br. The molecular weight excluding hydrogens is 330 g/mol. The Morgan fingerprint density at radius 2 is 2.05 bits per heavy atom. The minimum absolute atomic E-state index is 0.232. The second-order valence-corrected chi connectivity index (χ2v) is 7.22. The van der Waals surface area contributed by atoms with E-state index in [-0.39, 0.29) is 6.09 Å². The standard InChI is InChI=1S/C17H22BrNO2/c1-12-11-14(5-6-15(12)18)13-7-9-19(10-8-13)16(20)21-17(2,3)4/h5-7,11H,8-10H2,1-4H3. The van der Waals surface area contributed by atoms with Crippen molar-refractivity contribution in [3.8, 4) is 0 Å². The van der Waals surface area contributed by atoms with Crippen LogP contribution in [0.4, 0.5) is 4.79 Å². The van der Waals surface area contributed by atoms with Gasteiger partial charge in [0.05, 0.1) is 0 Å². The second-order valence-electron chi connectivity index (χ2n) is 6.37. The highest BCUT2D eigenvalue weighted by Gasteiger charge is 2.23. The molecule has 114 valence electrons. The summed E-state index contributed by atoms with van der Waals surface area (Å²) in [6.07, 6.45) is 2.75. The number of nitrogens with zero attached hydrogens (tertiary/aromatic N) is 1. The molecule has 4 heteroatoms. The number of aryl methyl sites for hydroxylation is 1. The summed E-state index contributed by atoms with van der Waals surface area (Å²) in [5.41, 5.74) is 3.32. The Bertz CT molecular complexity index is 573. The van der Waals surface area contributed by atoms with Crippen LogP contribution < -0.4 is 0 Å². The van der Waals surface area contributed by atoms with E-state index in [0.29, 0.717) is 13.1 Å². The van der Waals surface area contributed by atoms with Gasteiger partial charge in [0.15, 0.2) is 0 Å². The van der Waals surface area contributed by atoms with Crippen LogP contribution in [0.25, 0.3) is 5.57 Å². The van der Waals surface area contributed by atoms with Gasteiger partial charge >= 0.3 is 6.09 Å². The molecule has 0 saturated carbocycles. The Hall–Kier alpha value is -1.29. The Morgan fingerprint density at radius 3 is 2.57 bits per heavy atom. The van der Waals surface area contributed by atoms with Crippen molar-refractivity contribution in [2.45, 2.75) is 39.7 Å². The zero-order chi connectivity index (χ0) is 15.6. The van der Waals surface area contributed by atoms with Crippen molar-refractivity contribution in [2.24, 2.45) is 0 Å². The molecule has 21 heavy (non-hydrogen) atoms. The molecule has 0 saturated heterocycles. The number of hydrogen-bond acceptors (Lipinski definition) is 2. The molecule has 0 N–H and O–H groups in total. The summed E-state index contributed by atoms with van der Waals surface area (Å²) in [6.45, 7) is 9.07. The van der Waals surface area contributed by atoms with Crippen molar-refractivity contribution in [1.82, 2.24) is 4.90 Å². The molecule has 0 atom stereocenters. The van der Waals surface area contributed by atoms with Crippen LogP contribution in [0.2, 0.25) is 0 Å². The third kappa shape index (κ3) is 4.34. The van der Waals surface area contributed by atoms with Crippen LogP contribution in [0.15, 0.2) is 28.7 Å². The molecular formula is C17H22BrNO2. The number of rotatable bonds is 1. The first-order valence-corrected chi connectivity index (χ1v) is 7.99. The van der Waals surface area contributed by atoms with Gasteiger partial charge in [-0.1, -0.05) is 34.1 Å². The van der Waals surface area contributed by atoms with E-state index >= 15 is 0 Å². The molecule has 0 radical (unpaired) electrons. The number of ether oxygens (including phenoxy) is 1. The van der Waals surface area contributed by atoms with Crippen LogP contribution in [0.5, 0.6) is 0 Å². The molecule has 2 rings (SSSR count). The molecule has 1 aromatic carbocycles. The normalized spacial score (nSPS) is 15.7. The number of carbonyl (C=O) groups is 1. The van der Waals surface area contributed by atoms with Crippen LogP contribution in [-0.2, 0) is 4.74 Å². The molecule has 1 heterocycles. The maximum Gasteiger partial charge on any atom is 0.410 e. The molecule has 0 aromatic heterocycles. The second kappa shape index (κ2) is 6.22. The van der Waals surface area contributed by atoms with Gasteiger partial charge in [-0.15, -0.1) is 0 Å². The fourth-order valence-corrected chi connectivity index (χ4v) is 2.51. The highest BCUT2D eigenvalue weighted by atomic mass is 79.9. The lowest BCUT2D eigenvalue weighted by Crippen LogP contribution is -2.39. The van der Waals surface area contributed by atoms with Crippen molar-refractivity contribution in [3.05, 3.63) is 39.9 Å². The highest BCUT2D eigenvalue weighted by molar-refractivity contribution is 9.10. The molecule has 1 aliphatic rings.